The van der Waals surface area contributed by atoms with Gasteiger partial charge in [0, 0.05) is 24.1 Å². The fourth-order valence-electron chi connectivity index (χ4n) is 1.73. The van der Waals surface area contributed by atoms with E-state index in [0.29, 0.717) is 12.3 Å². The lowest BCUT2D eigenvalue weighted by Gasteiger charge is -2.24. The van der Waals surface area contributed by atoms with Gasteiger partial charge in [-0.1, -0.05) is 34.6 Å². The summed E-state index contributed by atoms with van der Waals surface area (Å²) in [6.07, 6.45) is 0.712. The zero-order valence-electron chi connectivity index (χ0n) is 12.4. The van der Waals surface area contributed by atoms with Crippen molar-refractivity contribution in [3.8, 4) is 0 Å². The fourth-order valence-corrected chi connectivity index (χ4v) is 2.11. The first-order chi connectivity index (χ1) is 8.74. The third-order valence-corrected chi connectivity index (χ3v) is 3.35. The van der Waals surface area contributed by atoms with Gasteiger partial charge < -0.3 is 10.4 Å². The smallest absolute Gasteiger partial charge is 0.137 e. The van der Waals surface area contributed by atoms with Crippen LogP contribution >= 0.6 is 15.9 Å². The first kappa shape index (κ1) is 16.4. The van der Waals surface area contributed by atoms with Crippen LogP contribution in [0.4, 0.5) is 5.82 Å². The first-order valence-electron chi connectivity index (χ1n) is 6.66. The second-order valence-corrected chi connectivity index (χ2v) is 6.97. The highest BCUT2D eigenvalue weighted by atomic mass is 79.9. The van der Waals surface area contributed by atoms with E-state index in [-0.39, 0.29) is 18.1 Å². The zero-order valence-corrected chi connectivity index (χ0v) is 14.0. The van der Waals surface area contributed by atoms with Gasteiger partial charge in [0.1, 0.15) is 16.2 Å². The first-order valence-corrected chi connectivity index (χ1v) is 7.45. The summed E-state index contributed by atoms with van der Waals surface area (Å²) >= 11 is 3.43. The number of aromatic nitrogens is 2. The van der Waals surface area contributed by atoms with E-state index in [1.165, 1.54) is 0 Å². The Hall–Kier alpha value is -0.680. The van der Waals surface area contributed by atoms with Gasteiger partial charge >= 0.3 is 0 Å². The molecule has 1 heterocycles. The van der Waals surface area contributed by atoms with Crippen LogP contribution in [-0.4, -0.2) is 27.7 Å². The average molecular weight is 330 g/mol. The maximum atomic E-state index is 9.12. The predicted octanol–water partition coefficient (Wildman–Crippen LogP) is 3.36. The second kappa shape index (κ2) is 6.66. The maximum absolute atomic E-state index is 9.12. The summed E-state index contributed by atoms with van der Waals surface area (Å²) < 4.78 is 0.779. The van der Waals surface area contributed by atoms with Crippen molar-refractivity contribution < 1.29 is 5.11 Å². The molecule has 1 aromatic rings. The van der Waals surface area contributed by atoms with Gasteiger partial charge in [-0.25, -0.2) is 9.97 Å². The van der Waals surface area contributed by atoms with Crippen LogP contribution in [0.25, 0.3) is 0 Å². The van der Waals surface area contributed by atoms with E-state index in [1.807, 2.05) is 6.07 Å². The number of hydrogen-bond donors (Lipinski definition) is 2. The lowest BCUT2D eigenvalue weighted by Crippen LogP contribution is -2.28. The number of aliphatic hydroxyl groups is 1. The Morgan fingerprint density at radius 3 is 2.42 bits per heavy atom. The Morgan fingerprint density at radius 2 is 1.95 bits per heavy atom. The summed E-state index contributed by atoms with van der Waals surface area (Å²) in [4.78, 5) is 8.99. The van der Waals surface area contributed by atoms with Crippen molar-refractivity contribution in [2.75, 3.05) is 11.9 Å². The summed E-state index contributed by atoms with van der Waals surface area (Å²) in [5, 5.41) is 12.5. The second-order valence-electron chi connectivity index (χ2n) is 6.16. The molecule has 5 heteroatoms. The summed E-state index contributed by atoms with van der Waals surface area (Å²) in [7, 11) is 0. The molecule has 1 unspecified atom stereocenters. The highest BCUT2D eigenvalue weighted by Crippen LogP contribution is 2.23. The standard InChI is InChI=1S/C14H24BrN3O/c1-9(2)10(6-7-19)16-12-8-11(15)17-13(18-12)14(3,4)5/h8-10,19H,6-7H2,1-5H3,(H,16,17,18). The lowest BCUT2D eigenvalue weighted by atomic mass is 9.96. The normalized spacial score (nSPS) is 13.7. The van der Waals surface area contributed by atoms with Crippen molar-refractivity contribution in [2.24, 2.45) is 5.92 Å². The van der Waals surface area contributed by atoms with Crippen LogP contribution in [0.2, 0.25) is 0 Å². The van der Waals surface area contributed by atoms with Crippen LogP contribution < -0.4 is 5.32 Å². The SMILES string of the molecule is CC(C)C(CCO)Nc1cc(Br)nc(C(C)(C)C)n1. The Balaban J connectivity index is 2.97. The molecule has 0 aliphatic rings. The number of hydrogen-bond acceptors (Lipinski definition) is 4. The van der Waals surface area contributed by atoms with Crippen LogP contribution in [-0.2, 0) is 5.41 Å². The molecule has 0 saturated heterocycles. The van der Waals surface area contributed by atoms with E-state index < -0.39 is 0 Å². The lowest BCUT2D eigenvalue weighted by molar-refractivity contribution is 0.267. The predicted molar refractivity (Wildman–Crippen MR) is 82.4 cm³/mol. The monoisotopic (exact) mass is 329 g/mol. The van der Waals surface area contributed by atoms with Crippen molar-refractivity contribution in [1.82, 2.24) is 9.97 Å². The van der Waals surface area contributed by atoms with E-state index in [4.69, 9.17) is 5.11 Å². The fraction of sp³-hybridized carbons (Fsp3) is 0.714. The molecule has 0 radical (unpaired) electrons. The molecule has 19 heavy (non-hydrogen) atoms. The minimum Gasteiger partial charge on any atom is -0.396 e. The summed E-state index contributed by atoms with van der Waals surface area (Å²) in [6, 6.07) is 2.08. The van der Waals surface area contributed by atoms with E-state index in [1.54, 1.807) is 0 Å². The molecular weight excluding hydrogens is 306 g/mol. The van der Waals surface area contributed by atoms with Gasteiger partial charge in [-0.2, -0.15) is 0 Å². The zero-order chi connectivity index (χ0) is 14.6. The number of rotatable bonds is 5. The van der Waals surface area contributed by atoms with Crippen LogP contribution in [0.1, 0.15) is 46.9 Å². The van der Waals surface area contributed by atoms with Crippen LogP contribution in [0.3, 0.4) is 0 Å². The topological polar surface area (TPSA) is 58.0 Å². The van der Waals surface area contributed by atoms with E-state index in [2.05, 4.69) is 65.8 Å². The molecule has 0 bridgehead atoms. The molecule has 0 saturated carbocycles. The molecule has 0 amide bonds. The molecule has 0 fully saturated rings. The minimum atomic E-state index is -0.0927. The van der Waals surface area contributed by atoms with Gasteiger partial charge in [0.25, 0.3) is 0 Å². The molecule has 0 spiro atoms. The van der Waals surface area contributed by atoms with Crippen LogP contribution in [0, 0.1) is 5.92 Å². The Bertz CT molecular complexity index is 416. The molecular formula is C14H24BrN3O. The van der Waals surface area contributed by atoms with Crippen molar-refractivity contribution >= 4 is 21.7 Å². The molecule has 0 aromatic carbocycles. The molecule has 2 N–H and O–H groups in total. The Labute approximate surface area is 124 Å². The molecule has 4 nitrogen and oxygen atoms in total. The number of halogens is 1. The summed E-state index contributed by atoms with van der Waals surface area (Å²) in [5.74, 6) is 2.04. The van der Waals surface area contributed by atoms with Gasteiger partial charge in [-0.15, -0.1) is 0 Å². The summed E-state index contributed by atoms with van der Waals surface area (Å²) in [6.45, 7) is 10.7. The molecule has 0 aliphatic heterocycles. The minimum absolute atomic E-state index is 0.0927. The third-order valence-electron chi connectivity index (χ3n) is 2.94. The van der Waals surface area contributed by atoms with Crippen LogP contribution in [0.5, 0.6) is 0 Å². The van der Waals surface area contributed by atoms with E-state index >= 15 is 0 Å². The van der Waals surface area contributed by atoms with Crippen molar-refractivity contribution in [1.29, 1.82) is 0 Å². The number of nitrogens with zero attached hydrogens (tertiary/aromatic N) is 2. The van der Waals surface area contributed by atoms with Crippen LogP contribution in [0.15, 0.2) is 10.7 Å². The quantitative estimate of drug-likeness (QED) is 0.813. The largest absolute Gasteiger partial charge is 0.396 e. The van der Waals surface area contributed by atoms with Gasteiger partial charge in [0.15, 0.2) is 0 Å². The van der Waals surface area contributed by atoms with Crippen molar-refractivity contribution in [3.63, 3.8) is 0 Å². The molecule has 1 aromatic heterocycles. The average Bonchev–Trinajstić information content (AvgIpc) is 2.26. The number of nitrogens with one attached hydrogen (secondary N) is 1. The highest BCUT2D eigenvalue weighted by molar-refractivity contribution is 9.10. The molecule has 0 aliphatic carbocycles. The number of anilines is 1. The number of aliphatic hydroxyl groups excluding tert-OH is 1. The van der Waals surface area contributed by atoms with Gasteiger partial charge in [-0.05, 0) is 28.3 Å². The van der Waals surface area contributed by atoms with Gasteiger partial charge in [0.2, 0.25) is 0 Å². The van der Waals surface area contributed by atoms with Crippen molar-refractivity contribution in [3.05, 3.63) is 16.5 Å². The molecule has 108 valence electrons. The van der Waals surface area contributed by atoms with Crippen molar-refractivity contribution in [2.45, 2.75) is 52.5 Å². The molecule has 1 rings (SSSR count). The van der Waals surface area contributed by atoms with E-state index in [0.717, 1.165) is 16.2 Å². The molecule has 1 atom stereocenters. The third kappa shape index (κ3) is 5.07. The Kier molecular flexibility index (Phi) is 5.74. The van der Waals surface area contributed by atoms with Gasteiger partial charge in [0.05, 0.1) is 0 Å². The Morgan fingerprint density at radius 1 is 1.32 bits per heavy atom. The maximum Gasteiger partial charge on any atom is 0.137 e. The summed E-state index contributed by atoms with van der Waals surface area (Å²) in [5.41, 5.74) is -0.0927. The highest BCUT2D eigenvalue weighted by Gasteiger charge is 2.20. The van der Waals surface area contributed by atoms with E-state index in [9.17, 15) is 0 Å². The van der Waals surface area contributed by atoms with Gasteiger partial charge in [-0.3, -0.25) is 0 Å².